The van der Waals surface area contributed by atoms with E-state index in [1.165, 1.54) is 6.07 Å². The highest BCUT2D eigenvalue weighted by Crippen LogP contribution is 2.17. The van der Waals surface area contributed by atoms with Gasteiger partial charge in [0.1, 0.15) is 18.2 Å². The molecule has 2 rings (SSSR count). The highest BCUT2D eigenvalue weighted by Gasteiger charge is 2.03. The summed E-state index contributed by atoms with van der Waals surface area (Å²) in [5.41, 5.74) is 1.08. The van der Waals surface area contributed by atoms with E-state index >= 15 is 0 Å². The van der Waals surface area contributed by atoms with Gasteiger partial charge in [0.15, 0.2) is 11.6 Å². The van der Waals surface area contributed by atoms with Crippen LogP contribution in [0, 0.1) is 23.5 Å². The Morgan fingerprint density at radius 3 is 2.56 bits per heavy atom. The lowest BCUT2D eigenvalue weighted by Crippen LogP contribution is -2.36. The maximum Gasteiger partial charge on any atom is 0.315 e. The zero-order valence-corrected chi connectivity index (χ0v) is 14.9. The van der Waals surface area contributed by atoms with Gasteiger partial charge in [0, 0.05) is 12.6 Å². The van der Waals surface area contributed by atoms with Crippen LogP contribution in [0.3, 0.4) is 0 Å². The van der Waals surface area contributed by atoms with Crippen LogP contribution in [-0.4, -0.2) is 32.8 Å². The molecular weight excluding hydrogens is 354 g/mol. The fourth-order valence-corrected chi connectivity index (χ4v) is 2.12. The Labute approximate surface area is 156 Å². The SMILES string of the molecule is COc1ccc(CCNC(=O)NCC#CCOc2ccc(F)cc2F)cc1. The van der Waals surface area contributed by atoms with E-state index in [4.69, 9.17) is 9.47 Å². The summed E-state index contributed by atoms with van der Waals surface area (Å²) in [5, 5.41) is 5.31. The zero-order chi connectivity index (χ0) is 19.5. The molecule has 0 spiro atoms. The number of rotatable bonds is 7. The molecular formula is C20H20F2N2O3. The Kier molecular flexibility index (Phi) is 7.92. The average molecular weight is 374 g/mol. The van der Waals surface area contributed by atoms with Gasteiger partial charge in [-0.2, -0.15) is 0 Å². The summed E-state index contributed by atoms with van der Waals surface area (Å²) in [5.74, 6) is 4.57. The second-order valence-corrected chi connectivity index (χ2v) is 5.42. The van der Waals surface area contributed by atoms with Gasteiger partial charge in [-0.25, -0.2) is 13.6 Å². The van der Waals surface area contributed by atoms with E-state index in [9.17, 15) is 13.6 Å². The van der Waals surface area contributed by atoms with Crippen LogP contribution in [-0.2, 0) is 6.42 Å². The van der Waals surface area contributed by atoms with Gasteiger partial charge in [0.2, 0.25) is 0 Å². The molecule has 2 amide bonds. The summed E-state index contributed by atoms with van der Waals surface area (Å²) in [6, 6.07) is 10.3. The van der Waals surface area contributed by atoms with Crippen molar-refractivity contribution < 1.29 is 23.0 Å². The van der Waals surface area contributed by atoms with Crippen molar-refractivity contribution in [2.75, 3.05) is 26.8 Å². The van der Waals surface area contributed by atoms with Gasteiger partial charge in [-0.1, -0.05) is 24.0 Å². The van der Waals surface area contributed by atoms with Crippen LogP contribution in [0.4, 0.5) is 13.6 Å². The summed E-state index contributed by atoms with van der Waals surface area (Å²) >= 11 is 0. The van der Waals surface area contributed by atoms with Crippen molar-refractivity contribution >= 4 is 6.03 Å². The van der Waals surface area contributed by atoms with E-state index in [0.717, 1.165) is 23.4 Å². The molecule has 0 aliphatic carbocycles. The topological polar surface area (TPSA) is 59.6 Å². The van der Waals surface area contributed by atoms with E-state index in [2.05, 4.69) is 22.5 Å². The molecule has 0 unspecified atom stereocenters. The molecule has 0 radical (unpaired) electrons. The molecule has 0 aliphatic rings. The predicted molar refractivity (Wildman–Crippen MR) is 97.7 cm³/mol. The van der Waals surface area contributed by atoms with E-state index < -0.39 is 11.6 Å². The van der Waals surface area contributed by atoms with Crippen LogP contribution in [0.25, 0.3) is 0 Å². The quantitative estimate of drug-likeness (QED) is 0.733. The molecule has 142 valence electrons. The molecule has 5 nitrogen and oxygen atoms in total. The first-order chi connectivity index (χ1) is 13.1. The monoisotopic (exact) mass is 374 g/mol. The van der Waals surface area contributed by atoms with Crippen molar-refractivity contribution in [2.45, 2.75) is 6.42 Å². The number of benzene rings is 2. The molecule has 0 fully saturated rings. The number of urea groups is 1. The zero-order valence-electron chi connectivity index (χ0n) is 14.9. The number of methoxy groups -OCH3 is 1. The fourth-order valence-electron chi connectivity index (χ4n) is 2.12. The number of carbonyl (C=O) groups excluding carboxylic acids is 1. The molecule has 7 heteroatoms. The first-order valence-electron chi connectivity index (χ1n) is 8.26. The highest BCUT2D eigenvalue weighted by molar-refractivity contribution is 5.74. The summed E-state index contributed by atoms with van der Waals surface area (Å²) in [7, 11) is 1.61. The lowest BCUT2D eigenvalue weighted by molar-refractivity contribution is 0.242. The third-order valence-electron chi connectivity index (χ3n) is 3.51. The van der Waals surface area contributed by atoms with Crippen molar-refractivity contribution in [3.63, 3.8) is 0 Å². The minimum atomic E-state index is -0.786. The van der Waals surface area contributed by atoms with Crippen molar-refractivity contribution in [1.82, 2.24) is 10.6 Å². The Balaban J connectivity index is 1.59. The van der Waals surface area contributed by atoms with Crippen LogP contribution in [0.2, 0.25) is 0 Å². The molecule has 2 aromatic rings. The van der Waals surface area contributed by atoms with E-state index in [-0.39, 0.29) is 24.9 Å². The third kappa shape index (κ3) is 7.24. The Hall–Kier alpha value is -3.27. The molecule has 2 N–H and O–H groups in total. The smallest absolute Gasteiger partial charge is 0.315 e. The standard InChI is InChI=1S/C20H20F2N2O3/c1-26-17-7-4-15(5-8-17)10-12-24-20(25)23-11-2-3-13-27-19-9-6-16(21)14-18(19)22/h4-9,14H,10-13H2,1H3,(H2,23,24,25). The minimum absolute atomic E-state index is 0.0661. The normalized spacial score (nSPS) is 9.74. The molecule has 0 bridgehead atoms. The number of carbonyl (C=O) groups is 1. The van der Waals surface area contributed by atoms with Crippen molar-refractivity contribution in [3.8, 4) is 23.3 Å². The fraction of sp³-hybridized carbons (Fsp3) is 0.250. The molecule has 0 atom stereocenters. The lowest BCUT2D eigenvalue weighted by atomic mass is 10.1. The van der Waals surface area contributed by atoms with Crippen LogP contribution in [0.5, 0.6) is 11.5 Å². The number of hydrogen-bond acceptors (Lipinski definition) is 3. The third-order valence-corrected chi connectivity index (χ3v) is 3.51. The highest BCUT2D eigenvalue weighted by atomic mass is 19.1. The van der Waals surface area contributed by atoms with E-state index in [1.807, 2.05) is 24.3 Å². The second-order valence-electron chi connectivity index (χ2n) is 5.42. The first-order valence-corrected chi connectivity index (χ1v) is 8.26. The summed E-state index contributed by atoms with van der Waals surface area (Å²) in [6.07, 6.45) is 0.695. The average Bonchev–Trinajstić information content (AvgIpc) is 2.66. The Morgan fingerprint density at radius 1 is 1.07 bits per heavy atom. The number of nitrogens with one attached hydrogen (secondary N) is 2. The largest absolute Gasteiger partial charge is 0.497 e. The van der Waals surface area contributed by atoms with Crippen LogP contribution in [0.1, 0.15) is 5.56 Å². The Morgan fingerprint density at radius 2 is 1.85 bits per heavy atom. The van der Waals surface area contributed by atoms with Gasteiger partial charge in [0.25, 0.3) is 0 Å². The van der Waals surface area contributed by atoms with Gasteiger partial charge in [-0.15, -0.1) is 0 Å². The first kappa shape index (κ1) is 20.0. The van der Waals surface area contributed by atoms with Gasteiger partial charge >= 0.3 is 6.03 Å². The Bertz CT molecular complexity index is 814. The van der Waals surface area contributed by atoms with Crippen molar-refractivity contribution in [3.05, 3.63) is 59.7 Å². The number of ether oxygens (including phenoxy) is 2. The summed E-state index contributed by atoms with van der Waals surface area (Å²) in [4.78, 5) is 11.6. The van der Waals surface area contributed by atoms with Crippen LogP contribution in [0.15, 0.2) is 42.5 Å². The second kappa shape index (κ2) is 10.7. The molecule has 0 aliphatic heterocycles. The maximum atomic E-state index is 13.3. The molecule has 2 aromatic carbocycles. The predicted octanol–water partition coefficient (Wildman–Crippen LogP) is 2.90. The molecule has 0 aromatic heterocycles. The van der Waals surface area contributed by atoms with Gasteiger partial charge < -0.3 is 20.1 Å². The maximum absolute atomic E-state index is 13.3. The van der Waals surface area contributed by atoms with E-state index in [1.54, 1.807) is 7.11 Å². The molecule has 0 saturated heterocycles. The van der Waals surface area contributed by atoms with Crippen molar-refractivity contribution in [2.24, 2.45) is 0 Å². The number of hydrogen-bond donors (Lipinski definition) is 2. The van der Waals surface area contributed by atoms with Crippen LogP contribution >= 0.6 is 0 Å². The molecule has 0 saturated carbocycles. The minimum Gasteiger partial charge on any atom is -0.497 e. The van der Waals surface area contributed by atoms with E-state index in [0.29, 0.717) is 13.0 Å². The van der Waals surface area contributed by atoms with Crippen molar-refractivity contribution in [1.29, 1.82) is 0 Å². The molecule has 27 heavy (non-hydrogen) atoms. The van der Waals surface area contributed by atoms with Gasteiger partial charge in [-0.3, -0.25) is 0 Å². The van der Waals surface area contributed by atoms with Gasteiger partial charge in [0.05, 0.1) is 13.7 Å². The van der Waals surface area contributed by atoms with Crippen LogP contribution < -0.4 is 20.1 Å². The summed E-state index contributed by atoms with van der Waals surface area (Å²) in [6.45, 7) is 0.547. The van der Waals surface area contributed by atoms with Gasteiger partial charge in [-0.05, 0) is 36.2 Å². The summed E-state index contributed by atoms with van der Waals surface area (Å²) < 4.78 is 36.2. The molecule has 0 heterocycles. The number of amides is 2. The number of halogens is 2. The lowest BCUT2D eigenvalue weighted by Gasteiger charge is -2.06.